The van der Waals surface area contributed by atoms with Crippen LogP contribution in [0.25, 0.3) is 5.57 Å². The third-order valence-corrected chi connectivity index (χ3v) is 4.82. The molecule has 4 heteroatoms. The standard InChI is InChI=1S/C18H25BrN2O/c1-5-13(2)12-21-8-6-15(7-9-21)16-10-17(19)18(20-11-16)14(3)22-4/h6,10-12,14H,5,7-9H2,1-4H3/b13-12-/t14-/m0/s1. The van der Waals surface area contributed by atoms with Crippen molar-refractivity contribution >= 4 is 21.5 Å². The molecule has 0 N–H and O–H groups in total. The van der Waals surface area contributed by atoms with Crippen LogP contribution in [0.15, 0.2) is 34.6 Å². The predicted molar refractivity (Wildman–Crippen MR) is 95.6 cm³/mol. The normalized spacial score (nSPS) is 17.4. The smallest absolute Gasteiger partial charge is 0.0974 e. The summed E-state index contributed by atoms with van der Waals surface area (Å²) in [5.74, 6) is 0. The van der Waals surface area contributed by atoms with Crippen LogP contribution in [-0.2, 0) is 4.74 Å². The molecule has 1 aromatic rings. The van der Waals surface area contributed by atoms with Gasteiger partial charge in [0.15, 0.2) is 0 Å². The zero-order valence-electron chi connectivity index (χ0n) is 13.9. The molecule has 1 aliphatic rings. The summed E-state index contributed by atoms with van der Waals surface area (Å²) in [6.45, 7) is 8.43. The molecule has 0 radical (unpaired) electrons. The zero-order chi connectivity index (χ0) is 16.1. The van der Waals surface area contributed by atoms with Gasteiger partial charge in [0, 0.05) is 30.9 Å². The SMILES string of the molecule is CC/C(C)=C\N1CC=C(c2cnc([C@H](C)OC)c(Br)c2)CC1. The van der Waals surface area contributed by atoms with Crippen molar-refractivity contribution in [3.05, 3.63) is 45.8 Å². The van der Waals surface area contributed by atoms with E-state index in [-0.39, 0.29) is 6.10 Å². The van der Waals surface area contributed by atoms with Crippen LogP contribution < -0.4 is 0 Å². The van der Waals surface area contributed by atoms with Crippen LogP contribution in [0.2, 0.25) is 0 Å². The molecule has 1 aromatic heterocycles. The summed E-state index contributed by atoms with van der Waals surface area (Å²) in [6, 6.07) is 2.16. The number of nitrogens with zero attached hydrogens (tertiary/aromatic N) is 2. The van der Waals surface area contributed by atoms with E-state index in [9.17, 15) is 0 Å². The molecule has 0 aliphatic carbocycles. The van der Waals surface area contributed by atoms with E-state index in [1.807, 2.05) is 13.1 Å². The van der Waals surface area contributed by atoms with E-state index in [4.69, 9.17) is 4.74 Å². The number of pyridine rings is 1. The fraction of sp³-hybridized carbons (Fsp3) is 0.500. The molecule has 0 saturated heterocycles. The van der Waals surface area contributed by atoms with Gasteiger partial charge in [0.25, 0.3) is 0 Å². The molecule has 0 fully saturated rings. The second kappa shape index (κ2) is 7.93. The second-order valence-electron chi connectivity index (χ2n) is 5.77. The van der Waals surface area contributed by atoms with Crippen molar-refractivity contribution < 1.29 is 4.74 Å². The van der Waals surface area contributed by atoms with Crippen LogP contribution in [-0.4, -0.2) is 30.1 Å². The van der Waals surface area contributed by atoms with Crippen molar-refractivity contribution in [3.63, 3.8) is 0 Å². The second-order valence-corrected chi connectivity index (χ2v) is 6.63. The molecule has 0 unspecified atom stereocenters. The summed E-state index contributed by atoms with van der Waals surface area (Å²) in [5, 5.41) is 0. The quantitative estimate of drug-likeness (QED) is 0.738. The van der Waals surface area contributed by atoms with Gasteiger partial charge in [-0.3, -0.25) is 4.98 Å². The Hall–Kier alpha value is -1.13. The number of ether oxygens (including phenoxy) is 1. The first-order valence-electron chi connectivity index (χ1n) is 7.84. The largest absolute Gasteiger partial charge is 0.375 e. The van der Waals surface area contributed by atoms with E-state index in [2.05, 4.69) is 58.0 Å². The Kier molecular flexibility index (Phi) is 6.21. The highest BCUT2D eigenvalue weighted by atomic mass is 79.9. The lowest BCUT2D eigenvalue weighted by molar-refractivity contribution is 0.115. The van der Waals surface area contributed by atoms with Crippen molar-refractivity contribution in [3.8, 4) is 0 Å². The highest BCUT2D eigenvalue weighted by Crippen LogP contribution is 2.29. The summed E-state index contributed by atoms with van der Waals surface area (Å²) >= 11 is 3.62. The van der Waals surface area contributed by atoms with Gasteiger partial charge in [0.2, 0.25) is 0 Å². The third-order valence-electron chi connectivity index (χ3n) is 4.18. The van der Waals surface area contributed by atoms with E-state index in [1.165, 1.54) is 16.7 Å². The number of allylic oxidation sites excluding steroid dienone is 1. The van der Waals surface area contributed by atoms with Gasteiger partial charge in [-0.2, -0.15) is 0 Å². The van der Waals surface area contributed by atoms with Crippen LogP contribution in [0, 0.1) is 0 Å². The van der Waals surface area contributed by atoms with Crippen molar-refractivity contribution in [2.24, 2.45) is 0 Å². The van der Waals surface area contributed by atoms with Gasteiger partial charge in [-0.1, -0.05) is 18.6 Å². The van der Waals surface area contributed by atoms with E-state index in [0.717, 1.165) is 36.1 Å². The number of aromatic nitrogens is 1. The minimum Gasteiger partial charge on any atom is -0.375 e. The summed E-state index contributed by atoms with van der Waals surface area (Å²) < 4.78 is 6.36. The summed E-state index contributed by atoms with van der Waals surface area (Å²) in [6.07, 6.45) is 8.73. The van der Waals surface area contributed by atoms with Crippen LogP contribution in [0.3, 0.4) is 0 Å². The Morgan fingerprint density at radius 3 is 2.86 bits per heavy atom. The first-order chi connectivity index (χ1) is 10.5. The Morgan fingerprint density at radius 1 is 1.55 bits per heavy atom. The third kappa shape index (κ3) is 4.20. The van der Waals surface area contributed by atoms with E-state index in [0.29, 0.717) is 0 Å². The van der Waals surface area contributed by atoms with Crippen LogP contribution in [0.1, 0.15) is 51.0 Å². The number of hydrogen-bond acceptors (Lipinski definition) is 3. The highest BCUT2D eigenvalue weighted by Gasteiger charge is 2.15. The molecule has 22 heavy (non-hydrogen) atoms. The van der Waals surface area contributed by atoms with Gasteiger partial charge in [-0.05, 0) is 66.0 Å². The van der Waals surface area contributed by atoms with Gasteiger partial charge in [0.05, 0.1) is 11.8 Å². The minimum absolute atomic E-state index is 0.00130. The maximum atomic E-state index is 5.34. The number of halogens is 1. The average molecular weight is 365 g/mol. The Labute approximate surface area is 142 Å². The Bertz CT molecular complexity index is 580. The maximum absolute atomic E-state index is 5.34. The van der Waals surface area contributed by atoms with Gasteiger partial charge >= 0.3 is 0 Å². The molecule has 0 aromatic carbocycles. The van der Waals surface area contributed by atoms with Crippen molar-refractivity contribution in [2.75, 3.05) is 20.2 Å². The number of methoxy groups -OCH3 is 1. The lowest BCUT2D eigenvalue weighted by Gasteiger charge is -2.26. The molecule has 0 spiro atoms. The fourth-order valence-electron chi connectivity index (χ4n) is 2.50. The van der Waals surface area contributed by atoms with Crippen LogP contribution in [0.4, 0.5) is 0 Å². The topological polar surface area (TPSA) is 25.4 Å². The van der Waals surface area contributed by atoms with Gasteiger partial charge < -0.3 is 9.64 Å². The molecule has 1 atom stereocenters. The Balaban J connectivity index is 2.12. The molecule has 0 amide bonds. The van der Waals surface area contributed by atoms with E-state index in [1.54, 1.807) is 7.11 Å². The van der Waals surface area contributed by atoms with Crippen molar-refractivity contribution in [2.45, 2.75) is 39.7 Å². The predicted octanol–water partition coefficient (Wildman–Crippen LogP) is 4.95. The molecule has 120 valence electrons. The molecule has 0 saturated carbocycles. The lowest BCUT2D eigenvalue weighted by Crippen LogP contribution is -2.23. The maximum Gasteiger partial charge on any atom is 0.0974 e. The van der Waals surface area contributed by atoms with Crippen molar-refractivity contribution in [1.82, 2.24) is 9.88 Å². The fourth-order valence-corrected chi connectivity index (χ4v) is 3.17. The number of rotatable bonds is 5. The molecule has 1 aliphatic heterocycles. The first-order valence-corrected chi connectivity index (χ1v) is 8.63. The molecule has 3 nitrogen and oxygen atoms in total. The molecular weight excluding hydrogens is 340 g/mol. The monoisotopic (exact) mass is 364 g/mol. The average Bonchev–Trinajstić information content (AvgIpc) is 2.54. The van der Waals surface area contributed by atoms with Gasteiger partial charge in [-0.15, -0.1) is 0 Å². The minimum atomic E-state index is 0.00130. The zero-order valence-corrected chi connectivity index (χ0v) is 15.5. The Morgan fingerprint density at radius 2 is 2.32 bits per heavy atom. The van der Waals surface area contributed by atoms with Gasteiger partial charge in [-0.25, -0.2) is 0 Å². The summed E-state index contributed by atoms with van der Waals surface area (Å²) in [7, 11) is 1.71. The molecule has 0 bridgehead atoms. The first kappa shape index (κ1) is 17.2. The van der Waals surface area contributed by atoms with E-state index >= 15 is 0 Å². The number of hydrogen-bond donors (Lipinski definition) is 0. The van der Waals surface area contributed by atoms with Gasteiger partial charge in [0.1, 0.15) is 0 Å². The van der Waals surface area contributed by atoms with Crippen molar-refractivity contribution in [1.29, 1.82) is 0 Å². The van der Waals surface area contributed by atoms with Crippen LogP contribution >= 0.6 is 15.9 Å². The molecule has 2 heterocycles. The van der Waals surface area contributed by atoms with E-state index < -0.39 is 0 Å². The highest BCUT2D eigenvalue weighted by molar-refractivity contribution is 9.10. The molecular formula is C18H25BrN2O. The lowest BCUT2D eigenvalue weighted by atomic mass is 10.0. The van der Waals surface area contributed by atoms with Crippen LogP contribution in [0.5, 0.6) is 0 Å². The summed E-state index contributed by atoms with van der Waals surface area (Å²) in [4.78, 5) is 6.95. The summed E-state index contributed by atoms with van der Waals surface area (Å²) in [5.41, 5.74) is 4.96. The molecule has 2 rings (SSSR count).